The Hall–Kier alpha value is -3.37. The molecule has 11 heteroatoms. The highest BCUT2D eigenvalue weighted by Crippen LogP contribution is 2.29. The van der Waals surface area contributed by atoms with Crippen LogP contribution in [0.15, 0.2) is 36.5 Å². The summed E-state index contributed by atoms with van der Waals surface area (Å²) < 4.78 is 38.2. The number of aromatic nitrogens is 1. The molecule has 0 unspecified atom stereocenters. The number of alkyl halides is 3. The van der Waals surface area contributed by atoms with Crippen LogP contribution < -0.4 is 10.2 Å². The lowest BCUT2D eigenvalue weighted by molar-refractivity contribution is -0.384. The van der Waals surface area contributed by atoms with Gasteiger partial charge in [0.2, 0.25) is 0 Å². The largest absolute Gasteiger partial charge is 0.417 e. The normalized spacial score (nSPS) is 14.9. The molecule has 1 N–H and O–H groups in total. The molecule has 160 valence electrons. The molecule has 0 radical (unpaired) electrons. The van der Waals surface area contributed by atoms with Crippen LogP contribution in [-0.2, 0) is 6.18 Å². The molecule has 0 atom stereocenters. The number of nitro groups is 1. The number of benzene rings is 1. The van der Waals surface area contributed by atoms with E-state index < -0.39 is 16.7 Å². The topological polar surface area (TPSA) is 91.6 Å². The zero-order valence-corrected chi connectivity index (χ0v) is 16.1. The van der Waals surface area contributed by atoms with Gasteiger partial charge in [-0.3, -0.25) is 14.9 Å². The Morgan fingerprint density at radius 3 is 2.53 bits per heavy atom. The van der Waals surface area contributed by atoms with Crippen LogP contribution in [-0.4, -0.2) is 53.9 Å². The molecule has 2 aromatic rings. The van der Waals surface area contributed by atoms with E-state index in [-0.39, 0.29) is 17.2 Å². The Bertz CT molecular complexity index is 934. The smallest absolute Gasteiger partial charge is 0.387 e. The number of carbonyl (C=O) groups is 1. The van der Waals surface area contributed by atoms with E-state index in [4.69, 9.17) is 0 Å². The van der Waals surface area contributed by atoms with Crippen molar-refractivity contribution in [2.24, 2.45) is 0 Å². The molecule has 3 rings (SSSR count). The van der Waals surface area contributed by atoms with Gasteiger partial charge in [0, 0.05) is 57.2 Å². The summed E-state index contributed by atoms with van der Waals surface area (Å²) in [6.45, 7) is 1.64. The van der Waals surface area contributed by atoms with Gasteiger partial charge in [-0.1, -0.05) is 0 Å². The number of pyridine rings is 1. The number of non-ortho nitro benzene ring substituents is 1. The zero-order valence-electron chi connectivity index (χ0n) is 16.1. The molecule has 1 saturated heterocycles. The van der Waals surface area contributed by atoms with Crippen LogP contribution in [0.2, 0.25) is 0 Å². The summed E-state index contributed by atoms with van der Waals surface area (Å²) in [5, 5.41) is 13.9. The summed E-state index contributed by atoms with van der Waals surface area (Å²) in [6, 6.07) is 6.36. The van der Waals surface area contributed by atoms with Gasteiger partial charge in [0.1, 0.15) is 5.82 Å². The second-order valence-electron chi connectivity index (χ2n) is 6.77. The molecule has 30 heavy (non-hydrogen) atoms. The summed E-state index contributed by atoms with van der Waals surface area (Å²) in [4.78, 5) is 30.8. The SMILES string of the molecule is CNc1ccc([N+](=O)[O-])cc1C(=O)N1CCCN(c2ccc(C(F)(F)F)cn2)CC1. The van der Waals surface area contributed by atoms with E-state index in [1.54, 1.807) is 11.9 Å². The summed E-state index contributed by atoms with van der Waals surface area (Å²) in [6.07, 6.45) is -3.07. The molecule has 1 aromatic carbocycles. The van der Waals surface area contributed by atoms with Crippen LogP contribution in [0, 0.1) is 10.1 Å². The first-order chi connectivity index (χ1) is 14.2. The van der Waals surface area contributed by atoms with Crippen molar-refractivity contribution in [3.8, 4) is 0 Å². The van der Waals surface area contributed by atoms with Crippen LogP contribution in [0.5, 0.6) is 0 Å². The molecular formula is C19H20F3N5O3. The number of amides is 1. The number of nitrogens with one attached hydrogen (secondary N) is 1. The first-order valence-electron chi connectivity index (χ1n) is 9.24. The minimum absolute atomic E-state index is 0.178. The third kappa shape index (κ3) is 4.61. The molecule has 1 amide bonds. The van der Waals surface area contributed by atoms with E-state index >= 15 is 0 Å². The van der Waals surface area contributed by atoms with Gasteiger partial charge in [0.25, 0.3) is 11.6 Å². The van der Waals surface area contributed by atoms with Gasteiger partial charge in [-0.2, -0.15) is 13.2 Å². The van der Waals surface area contributed by atoms with Crippen LogP contribution in [0.3, 0.4) is 0 Å². The molecular weight excluding hydrogens is 403 g/mol. The van der Waals surface area contributed by atoms with Crippen LogP contribution in [0.1, 0.15) is 22.3 Å². The molecule has 0 bridgehead atoms. The van der Waals surface area contributed by atoms with Gasteiger partial charge in [-0.25, -0.2) is 4.98 Å². The number of nitro benzene ring substituents is 1. The third-order valence-electron chi connectivity index (χ3n) is 4.90. The lowest BCUT2D eigenvalue weighted by Crippen LogP contribution is -2.35. The van der Waals surface area contributed by atoms with Crippen LogP contribution >= 0.6 is 0 Å². The lowest BCUT2D eigenvalue weighted by atomic mass is 10.1. The Balaban J connectivity index is 1.74. The summed E-state index contributed by atoms with van der Waals surface area (Å²) in [5.41, 5.74) is -0.310. The molecule has 0 spiro atoms. The van der Waals surface area contributed by atoms with Crippen molar-refractivity contribution in [2.45, 2.75) is 12.6 Å². The highest BCUT2D eigenvalue weighted by atomic mass is 19.4. The van der Waals surface area contributed by atoms with E-state index in [2.05, 4.69) is 10.3 Å². The van der Waals surface area contributed by atoms with Crippen molar-refractivity contribution in [3.63, 3.8) is 0 Å². The fraction of sp³-hybridized carbons (Fsp3) is 0.368. The minimum atomic E-state index is -4.45. The zero-order chi connectivity index (χ0) is 21.9. The first-order valence-corrected chi connectivity index (χ1v) is 9.24. The van der Waals surface area contributed by atoms with Crippen molar-refractivity contribution < 1.29 is 22.9 Å². The van der Waals surface area contributed by atoms with Gasteiger partial charge in [-0.05, 0) is 24.6 Å². The first kappa shape index (κ1) is 21.3. The molecule has 0 aliphatic carbocycles. The van der Waals surface area contributed by atoms with E-state index in [0.29, 0.717) is 44.1 Å². The Morgan fingerprint density at radius 1 is 1.17 bits per heavy atom. The van der Waals surface area contributed by atoms with Gasteiger partial charge in [0.15, 0.2) is 0 Å². The maximum atomic E-state index is 13.0. The lowest BCUT2D eigenvalue weighted by Gasteiger charge is -2.23. The van der Waals surface area contributed by atoms with E-state index in [1.807, 2.05) is 4.90 Å². The quantitative estimate of drug-likeness (QED) is 0.599. The molecule has 1 fully saturated rings. The average molecular weight is 423 g/mol. The Labute approximate surface area is 170 Å². The number of halogens is 3. The number of hydrogen-bond donors (Lipinski definition) is 1. The maximum absolute atomic E-state index is 13.0. The highest BCUT2D eigenvalue weighted by Gasteiger charge is 2.31. The van der Waals surface area contributed by atoms with Crippen LogP contribution in [0.4, 0.5) is 30.4 Å². The monoisotopic (exact) mass is 423 g/mol. The molecule has 1 aliphatic rings. The van der Waals surface area contributed by atoms with Crippen molar-refractivity contribution >= 4 is 23.1 Å². The number of hydrogen-bond acceptors (Lipinski definition) is 6. The molecule has 1 aliphatic heterocycles. The van der Waals surface area contributed by atoms with Gasteiger partial charge < -0.3 is 15.1 Å². The summed E-state index contributed by atoms with van der Waals surface area (Å²) >= 11 is 0. The Kier molecular flexibility index (Phi) is 6.09. The maximum Gasteiger partial charge on any atom is 0.417 e. The van der Waals surface area contributed by atoms with Crippen molar-refractivity contribution in [1.29, 1.82) is 0 Å². The van der Waals surface area contributed by atoms with Crippen molar-refractivity contribution in [1.82, 2.24) is 9.88 Å². The van der Waals surface area contributed by atoms with Crippen LogP contribution in [0.25, 0.3) is 0 Å². The number of nitrogens with zero attached hydrogens (tertiary/aromatic N) is 4. The predicted molar refractivity (Wildman–Crippen MR) is 105 cm³/mol. The number of anilines is 2. The second kappa shape index (κ2) is 8.56. The highest BCUT2D eigenvalue weighted by molar-refractivity contribution is 6.00. The molecule has 8 nitrogen and oxygen atoms in total. The molecule has 0 saturated carbocycles. The number of carbonyl (C=O) groups excluding carboxylic acids is 1. The minimum Gasteiger partial charge on any atom is -0.387 e. The van der Waals surface area contributed by atoms with E-state index in [1.165, 1.54) is 24.3 Å². The van der Waals surface area contributed by atoms with E-state index in [0.717, 1.165) is 12.3 Å². The fourth-order valence-electron chi connectivity index (χ4n) is 3.30. The second-order valence-corrected chi connectivity index (χ2v) is 6.77. The van der Waals surface area contributed by atoms with Gasteiger partial charge in [-0.15, -0.1) is 0 Å². The van der Waals surface area contributed by atoms with E-state index in [9.17, 15) is 28.1 Å². The summed E-state index contributed by atoms with van der Waals surface area (Å²) in [5.74, 6) is 0.0637. The summed E-state index contributed by atoms with van der Waals surface area (Å²) in [7, 11) is 1.62. The fourth-order valence-corrected chi connectivity index (χ4v) is 3.30. The number of rotatable bonds is 4. The van der Waals surface area contributed by atoms with Gasteiger partial charge in [0.05, 0.1) is 16.1 Å². The van der Waals surface area contributed by atoms with Gasteiger partial charge >= 0.3 is 6.18 Å². The predicted octanol–water partition coefficient (Wildman–Crippen LogP) is 3.40. The Morgan fingerprint density at radius 2 is 1.93 bits per heavy atom. The molecule has 1 aromatic heterocycles. The standard InChI is InChI=1S/C19H20F3N5O3/c1-23-16-5-4-14(27(29)30)11-15(16)18(28)26-8-2-7-25(9-10-26)17-6-3-13(12-24-17)19(20,21)22/h3-6,11-12,23H,2,7-10H2,1H3. The van der Waals surface area contributed by atoms with Crippen molar-refractivity contribution in [2.75, 3.05) is 43.4 Å². The average Bonchev–Trinajstić information content (AvgIpc) is 2.98. The molecule has 2 heterocycles. The van der Waals surface area contributed by atoms with Crippen molar-refractivity contribution in [3.05, 3.63) is 57.8 Å². The third-order valence-corrected chi connectivity index (χ3v) is 4.90.